The number of para-hydroxylation sites is 1. The number of rotatable bonds is 5. The van der Waals surface area contributed by atoms with Gasteiger partial charge in [0.1, 0.15) is 0 Å². The summed E-state index contributed by atoms with van der Waals surface area (Å²) in [5.41, 5.74) is 5.29. The summed E-state index contributed by atoms with van der Waals surface area (Å²) in [7, 11) is 3.31. The van der Waals surface area contributed by atoms with Gasteiger partial charge in [-0.1, -0.05) is 36.4 Å². The van der Waals surface area contributed by atoms with Crippen molar-refractivity contribution in [2.24, 2.45) is 0 Å². The molecule has 0 saturated carbocycles. The molecule has 4 nitrogen and oxygen atoms in total. The van der Waals surface area contributed by atoms with Crippen LogP contribution in [0.5, 0.6) is 11.5 Å². The molecule has 0 aliphatic heterocycles. The first-order chi connectivity index (χ1) is 14.1. The molecule has 6 heteroatoms. The van der Waals surface area contributed by atoms with Crippen molar-refractivity contribution >= 4 is 45.2 Å². The van der Waals surface area contributed by atoms with Gasteiger partial charge in [-0.15, -0.1) is 0 Å². The van der Waals surface area contributed by atoms with Crippen molar-refractivity contribution in [3.63, 3.8) is 0 Å². The molecule has 0 spiro atoms. The molecule has 0 bridgehead atoms. The van der Waals surface area contributed by atoms with E-state index in [4.69, 9.17) is 14.6 Å². The highest BCUT2D eigenvalue weighted by Gasteiger charge is 2.21. The monoisotopic (exact) mass is 608 g/mol. The zero-order chi connectivity index (χ0) is 20.4. The van der Waals surface area contributed by atoms with Crippen molar-refractivity contribution in [1.29, 1.82) is 0 Å². The third-order valence-corrected chi connectivity index (χ3v) is 6.50. The maximum Gasteiger partial charge on any atom is 0.161 e. The van der Waals surface area contributed by atoms with Gasteiger partial charge >= 0.3 is 0 Å². The molecule has 0 amide bonds. The number of benzene rings is 3. The molecule has 0 atom stereocenters. The lowest BCUT2D eigenvalue weighted by atomic mass is 10.0. The van der Waals surface area contributed by atoms with E-state index in [1.165, 1.54) is 3.57 Å². The number of nitrogens with zero attached hydrogens (tertiary/aromatic N) is 2. The van der Waals surface area contributed by atoms with Crippen molar-refractivity contribution in [2.45, 2.75) is 0 Å². The molecule has 0 unspecified atom stereocenters. The summed E-state index contributed by atoms with van der Waals surface area (Å²) in [5, 5.41) is 4.76. The molecule has 4 aromatic rings. The van der Waals surface area contributed by atoms with Crippen LogP contribution < -0.4 is 9.47 Å². The Morgan fingerprint density at radius 2 is 1.38 bits per heavy atom. The van der Waals surface area contributed by atoms with Gasteiger partial charge in [-0.25, -0.2) is 4.68 Å². The van der Waals surface area contributed by atoms with E-state index >= 15 is 0 Å². The number of ether oxygens (including phenoxy) is 2. The largest absolute Gasteiger partial charge is 0.493 e. The first kappa shape index (κ1) is 20.2. The van der Waals surface area contributed by atoms with E-state index < -0.39 is 0 Å². The Morgan fingerprint density at radius 3 is 2.07 bits per heavy atom. The van der Waals surface area contributed by atoms with Gasteiger partial charge in [-0.3, -0.25) is 0 Å². The molecule has 29 heavy (non-hydrogen) atoms. The molecule has 4 rings (SSSR count). The van der Waals surface area contributed by atoms with Gasteiger partial charge in [0.15, 0.2) is 11.5 Å². The molecule has 1 aromatic heterocycles. The Balaban J connectivity index is 2.03. The average Bonchev–Trinajstić information content (AvgIpc) is 3.19. The highest BCUT2D eigenvalue weighted by molar-refractivity contribution is 14.1. The molecular weight excluding hydrogens is 590 g/mol. The average molecular weight is 608 g/mol. The van der Waals surface area contributed by atoms with Gasteiger partial charge in [0, 0.05) is 18.3 Å². The lowest BCUT2D eigenvalue weighted by Crippen LogP contribution is -2.02. The lowest BCUT2D eigenvalue weighted by molar-refractivity contribution is 0.355. The van der Waals surface area contributed by atoms with Crippen LogP contribution in [-0.4, -0.2) is 24.0 Å². The Kier molecular flexibility index (Phi) is 6.09. The topological polar surface area (TPSA) is 36.3 Å². The van der Waals surface area contributed by atoms with Gasteiger partial charge in [0.2, 0.25) is 0 Å². The van der Waals surface area contributed by atoms with E-state index in [1.807, 2.05) is 47.3 Å². The minimum atomic E-state index is 0.692. The molecule has 0 saturated heterocycles. The Hall–Kier alpha value is -2.07. The van der Waals surface area contributed by atoms with Gasteiger partial charge < -0.3 is 9.47 Å². The zero-order valence-corrected chi connectivity index (χ0v) is 20.2. The van der Waals surface area contributed by atoms with Crippen LogP contribution in [0, 0.1) is 7.14 Å². The molecular formula is C23H18I2N2O2. The molecule has 0 N–H and O–H groups in total. The summed E-state index contributed by atoms with van der Waals surface area (Å²) in [4.78, 5) is 0. The van der Waals surface area contributed by atoms with Crippen LogP contribution in [-0.2, 0) is 0 Å². The fourth-order valence-corrected chi connectivity index (χ4v) is 4.66. The molecule has 3 aromatic carbocycles. The van der Waals surface area contributed by atoms with E-state index in [9.17, 15) is 0 Å². The molecule has 0 aliphatic carbocycles. The van der Waals surface area contributed by atoms with Gasteiger partial charge in [-0.2, -0.15) is 5.10 Å². The van der Waals surface area contributed by atoms with E-state index in [2.05, 4.69) is 75.5 Å². The quantitative estimate of drug-likeness (QED) is 0.245. The maximum atomic E-state index is 5.59. The van der Waals surface area contributed by atoms with Crippen LogP contribution in [0.1, 0.15) is 0 Å². The second-order valence-corrected chi connectivity index (χ2v) is 8.65. The number of methoxy groups -OCH3 is 2. The second-order valence-electron chi connectivity index (χ2n) is 6.32. The van der Waals surface area contributed by atoms with Gasteiger partial charge in [-0.05, 0) is 81.1 Å². The van der Waals surface area contributed by atoms with Crippen molar-refractivity contribution in [3.8, 4) is 39.6 Å². The summed E-state index contributed by atoms with van der Waals surface area (Å²) in [6.07, 6.45) is 1.94. The standard InChI is InChI=1S/C23H18I2N2O2/c1-28-21-12-17(20(25)13-22(21)29-2)23-18(16-10-6-7-11-19(16)24)14-26-27(23)15-8-4-3-5-9-15/h3-14H,1-2H3. The fraction of sp³-hybridized carbons (Fsp3) is 0.0870. The number of halogens is 2. The normalized spacial score (nSPS) is 10.8. The molecule has 0 fully saturated rings. The van der Waals surface area contributed by atoms with Crippen molar-refractivity contribution in [3.05, 3.63) is 80.1 Å². The van der Waals surface area contributed by atoms with Crippen LogP contribution in [0.15, 0.2) is 72.9 Å². The number of hydrogen-bond donors (Lipinski definition) is 0. The van der Waals surface area contributed by atoms with Gasteiger partial charge in [0.25, 0.3) is 0 Å². The molecule has 0 radical (unpaired) electrons. The molecule has 0 aliphatic rings. The summed E-state index contributed by atoms with van der Waals surface area (Å²) >= 11 is 4.72. The van der Waals surface area contributed by atoms with Crippen LogP contribution in [0.2, 0.25) is 0 Å². The van der Waals surface area contributed by atoms with Crippen LogP contribution >= 0.6 is 45.2 Å². The Bertz CT molecular complexity index is 1160. The summed E-state index contributed by atoms with van der Waals surface area (Å²) in [6, 6.07) is 22.5. The second kappa shape index (κ2) is 8.74. The smallest absolute Gasteiger partial charge is 0.161 e. The lowest BCUT2D eigenvalue weighted by Gasteiger charge is -2.16. The van der Waals surface area contributed by atoms with E-state index in [0.717, 1.165) is 31.6 Å². The van der Waals surface area contributed by atoms with E-state index in [-0.39, 0.29) is 0 Å². The van der Waals surface area contributed by atoms with Gasteiger partial charge in [0.05, 0.1) is 31.8 Å². The summed E-state index contributed by atoms with van der Waals surface area (Å²) in [5.74, 6) is 1.40. The zero-order valence-electron chi connectivity index (χ0n) is 15.9. The predicted molar refractivity (Wildman–Crippen MR) is 133 cm³/mol. The first-order valence-corrected chi connectivity index (χ1v) is 11.1. The van der Waals surface area contributed by atoms with Crippen LogP contribution in [0.25, 0.3) is 28.1 Å². The highest BCUT2D eigenvalue weighted by Crippen LogP contribution is 2.42. The fourth-order valence-electron chi connectivity index (χ4n) is 3.28. The van der Waals surface area contributed by atoms with E-state index in [1.54, 1.807) is 14.2 Å². The van der Waals surface area contributed by atoms with Crippen molar-refractivity contribution in [1.82, 2.24) is 9.78 Å². The van der Waals surface area contributed by atoms with Crippen molar-refractivity contribution in [2.75, 3.05) is 14.2 Å². The highest BCUT2D eigenvalue weighted by atomic mass is 127. The maximum absolute atomic E-state index is 5.59. The summed E-state index contributed by atoms with van der Waals surface area (Å²) < 4.78 is 15.3. The van der Waals surface area contributed by atoms with Crippen molar-refractivity contribution < 1.29 is 9.47 Å². The number of aromatic nitrogens is 2. The molecule has 146 valence electrons. The number of hydrogen-bond acceptors (Lipinski definition) is 3. The van der Waals surface area contributed by atoms with Crippen LogP contribution in [0.3, 0.4) is 0 Å². The third-order valence-electron chi connectivity index (χ3n) is 4.66. The Morgan fingerprint density at radius 1 is 0.724 bits per heavy atom. The minimum absolute atomic E-state index is 0.692. The SMILES string of the molecule is COc1cc(I)c(-c2c(-c3ccccc3I)cnn2-c2ccccc2)cc1OC. The van der Waals surface area contributed by atoms with Crippen LogP contribution in [0.4, 0.5) is 0 Å². The third kappa shape index (κ3) is 3.87. The predicted octanol–water partition coefficient (Wildman–Crippen LogP) is 6.43. The Labute approximate surface area is 197 Å². The minimum Gasteiger partial charge on any atom is -0.493 e. The molecule has 1 heterocycles. The summed E-state index contributed by atoms with van der Waals surface area (Å²) in [6.45, 7) is 0. The van der Waals surface area contributed by atoms with E-state index in [0.29, 0.717) is 11.5 Å². The first-order valence-electron chi connectivity index (χ1n) is 8.94.